The van der Waals surface area contributed by atoms with E-state index in [1.165, 1.54) is 21.4 Å². The van der Waals surface area contributed by atoms with Crippen molar-refractivity contribution in [1.29, 1.82) is 0 Å². The van der Waals surface area contributed by atoms with Gasteiger partial charge in [-0.25, -0.2) is 0 Å². The highest BCUT2D eigenvalue weighted by Crippen LogP contribution is 2.21. The fourth-order valence-electron chi connectivity index (χ4n) is 1.37. The highest BCUT2D eigenvalue weighted by molar-refractivity contribution is 6.15. The molecule has 0 aromatic heterocycles. The Balaban J connectivity index is 2.94. The van der Waals surface area contributed by atoms with Gasteiger partial charge in [0.2, 0.25) is 0 Å². The van der Waals surface area contributed by atoms with Crippen LogP contribution in [-0.4, -0.2) is 10.2 Å². The van der Waals surface area contributed by atoms with Crippen LogP contribution in [0.15, 0.2) is 24.3 Å². The van der Waals surface area contributed by atoms with E-state index in [1.807, 2.05) is 0 Å². The highest BCUT2D eigenvalue weighted by Gasteiger charge is 2.12. The molecule has 0 radical (unpaired) electrons. The van der Waals surface area contributed by atoms with Crippen molar-refractivity contribution in [2.75, 3.05) is 0 Å². The molecule has 0 unspecified atom stereocenters. The quantitative estimate of drug-likeness (QED) is 0.631. The molecule has 0 aliphatic rings. The first-order valence-corrected chi connectivity index (χ1v) is 6.01. The van der Waals surface area contributed by atoms with Gasteiger partial charge in [0.15, 0.2) is 0 Å². The maximum Gasteiger partial charge on any atom is 0.0155 e. The van der Waals surface area contributed by atoms with Crippen molar-refractivity contribution in [3.05, 3.63) is 35.4 Å². The van der Waals surface area contributed by atoms with Gasteiger partial charge in [-0.15, -0.1) is 0 Å². The van der Waals surface area contributed by atoms with Crippen LogP contribution in [0, 0.1) is 0 Å². The summed E-state index contributed by atoms with van der Waals surface area (Å²) in [6, 6.07) is 9.09. The molecule has 0 amide bonds. The van der Waals surface area contributed by atoms with Crippen molar-refractivity contribution in [1.82, 2.24) is 0 Å². The lowest BCUT2D eigenvalue weighted by Gasteiger charge is -2.19. The summed E-state index contributed by atoms with van der Waals surface area (Å²) in [6.45, 7) is 9.09. The molecule has 0 saturated carbocycles. The van der Waals surface area contributed by atoms with Gasteiger partial charge < -0.3 is 0 Å². The van der Waals surface area contributed by atoms with E-state index in [4.69, 9.17) is 0 Å². The first kappa shape index (κ1) is 10.5. The molecule has 0 N–H and O–H groups in total. The van der Waals surface area contributed by atoms with Crippen molar-refractivity contribution in [2.45, 2.75) is 38.7 Å². The van der Waals surface area contributed by atoms with E-state index < -0.39 is 0 Å². The largest absolute Gasteiger partial charge is 0.0592 e. The van der Waals surface area contributed by atoms with Crippen molar-refractivity contribution < 1.29 is 0 Å². The van der Waals surface area contributed by atoms with Crippen molar-refractivity contribution >= 4 is 10.2 Å². The molecule has 0 atom stereocenters. The molecule has 72 valence electrons. The van der Waals surface area contributed by atoms with Crippen LogP contribution in [0.3, 0.4) is 0 Å². The molecule has 0 aliphatic heterocycles. The lowest BCUT2D eigenvalue weighted by molar-refractivity contribution is 0.761. The van der Waals surface area contributed by atoms with Crippen LogP contribution in [0.2, 0.25) is 0 Å². The lowest BCUT2D eigenvalue weighted by atomic mass is 9.97. The molecule has 1 heteroatoms. The number of benzene rings is 1. The van der Waals surface area contributed by atoms with Gasteiger partial charge in [-0.1, -0.05) is 52.0 Å². The smallest absolute Gasteiger partial charge is 0.0155 e. The Bertz CT molecular complexity index is 264. The third kappa shape index (κ3) is 2.70. The van der Waals surface area contributed by atoms with E-state index in [0.29, 0.717) is 11.0 Å². The van der Waals surface area contributed by atoms with E-state index in [1.54, 1.807) is 0 Å². The van der Waals surface area contributed by atoms with Gasteiger partial charge in [0.1, 0.15) is 0 Å². The van der Waals surface area contributed by atoms with E-state index in [-0.39, 0.29) is 0 Å². The second-order valence-corrected chi connectivity index (χ2v) is 7.53. The average molecular weight is 192 g/mol. The molecule has 1 aromatic rings. The van der Waals surface area contributed by atoms with Crippen molar-refractivity contribution in [3.8, 4) is 0 Å². The van der Waals surface area contributed by atoms with Crippen LogP contribution in [0.25, 0.3) is 0 Å². The standard InChI is InChI=1S/C12H20Si/c1-9(2)10-5-7-11(8-6-10)12(3,4)13/h5-9H,1-4,13H3. The van der Waals surface area contributed by atoms with E-state index >= 15 is 0 Å². The molecule has 0 saturated heterocycles. The first-order valence-electron chi connectivity index (χ1n) is 5.01. The third-order valence-electron chi connectivity index (χ3n) is 2.44. The predicted molar refractivity (Wildman–Crippen MR) is 63.5 cm³/mol. The maximum atomic E-state index is 2.31. The van der Waals surface area contributed by atoms with Gasteiger partial charge in [0.25, 0.3) is 0 Å². The Kier molecular flexibility index (Phi) is 2.97. The van der Waals surface area contributed by atoms with Crippen molar-refractivity contribution in [3.63, 3.8) is 0 Å². The third-order valence-corrected chi connectivity index (χ3v) is 3.02. The fourth-order valence-corrected chi connectivity index (χ4v) is 1.70. The Morgan fingerprint density at radius 2 is 1.54 bits per heavy atom. The SMILES string of the molecule is CC(C)c1ccc(C(C)(C)[SiH3])cc1. The molecule has 0 aliphatic carbocycles. The summed E-state index contributed by atoms with van der Waals surface area (Å²) in [5.41, 5.74) is 2.92. The summed E-state index contributed by atoms with van der Waals surface area (Å²) in [4.78, 5) is 0. The normalized spacial score (nSPS) is 12.4. The summed E-state index contributed by atoms with van der Waals surface area (Å²) in [5, 5.41) is 0.412. The zero-order valence-electron chi connectivity index (χ0n) is 9.39. The molecule has 0 bridgehead atoms. The predicted octanol–water partition coefficient (Wildman–Crippen LogP) is 2.41. The van der Waals surface area contributed by atoms with Gasteiger partial charge in [-0.3, -0.25) is 0 Å². The molecular formula is C12H20Si. The van der Waals surface area contributed by atoms with Gasteiger partial charge in [-0.05, 0) is 22.1 Å². The zero-order chi connectivity index (χ0) is 10.1. The van der Waals surface area contributed by atoms with Crippen LogP contribution >= 0.6 is 0 Å². The number of hydrogen-bond acceptors (Lipinski definition) is 0. The van der Waals surface area contributed by atoms with Crippen LogP contribution in [0.5, 0.6) is 0 Å². The first-order chi connectivity index (χ1) is 5.91. The molecule has 1 rings (SSSR count). The molecule has 0 heterocycles. The highest BCUT2D eigenvalue weighted by atomic mass is 28.1. The fraction of sp³-hybridized carbons (Fsp3) is 0.500. The van der Waals surface area contributed by atoms with Gasteiger partial charge in [0, 0.05) is 10.2 Å². The van der Waals surface area contributed by atoms with Gasteiger partial charge in [-0.2, -0.15) is 0 Å². The summed E-state index contributed by atoms with van der Waals surface area (Å²) >= 11 is 0. The summed E-state index contributed by atoms with van der Waals surface area (Å²) in [5.74, 6) is 0.645. The number of hydrogen-bond donors (Lipinski definition) is 0. The molecule has 1 aromatic carbocycles. The van der Waals surface area contributed by atoms with Crippen LogP contribution in [0.4, 0.5) is 0 Å². The van der Waals surface area contributed by atoms with Crippen molar-refractivity contribution in [2.24, 2.45) is 0 Å². The van der Waals surface area contributed by atoms with Crippen LogP contribution < -0.4 is 0 Å². The van der Waals surface area contributed by atoms with Crippen LogP contribution in [0.1, 0.15) is 44.7 Å². The van der Waals surface area contributed by atoms with E-state index in [9.17, 15) is 0 Å². The average Bonchev–Trinajstić information content (AvgIpc) is 2.03. The second-order valence-electron chi connectivity index (χ2n) is 5.03. The van der Waals surface area contributed by atoms with Gasteiger partial charge >= 0.3 is 0 Å². The Labute approximate surface area is 84.8 Å². The molecule has 0 fully saturated rings. The monoisotopic (exact) mass is 192 g/mol. The zero-order valence-corrected chi connectivity index (χ0v) is 11.4. The van der Waals surface area contributed by atoms with E-state index in [2.05, 4.69) is 52.0 Å². The summed E-state index contributed by atoms with van der Waals surface area (Å²) in [7, 11) is 1.21. The minimum atomic E-state index is 0.412. The lowest BCUT2D eigenvalue weighted by Crippen LogP contribution is -2.16. The van der Waals surface area contributed by atoms with Gasteiger partial charge in [0.05, 0.1) is 0 Å². The summed E-state index contributed by atoms with van der Waals surface area (Å²) in [6.07, 6.45) is 0. The minimum Gasteiger partial charge on any atom is -0.0592 e. The Morgan fingerprint density at radius 3 is 1.85 bits per heavy atom. The summed E-state index contributed by atoms with van der Waals surface area (Å²) < 4.78 is 0. The molecule has 0 nitrogen and oxygen atoms in total. The van der Waals surface area contributed by atoms with Crippen LogP contribution in [-0.2, 0) is 5.04 Å². The Hall–Kier alpha value is -0.563. The Morgan fingerprint density at radius 1 is 1.08 bits per heavy atom. The topological polar surface area (TPSA) is 0 Å². The molecule has 13 heavy (non-hydrogen) atoms. The maximum absolute atomic E-state index is 2.31. The molecule has 0 spiro atoms. The minimum absolute atomic E-state index is 0.412. The van der Waals surface area contributed by atoms with E-state index in [0.717, 1.165) is 0 Å². The second kappa shape index (κ2) is 3.67. The molecular weight excluding hydrogens is 172 g/mol. The number of rotatable bonds is 2.